The zero-order valence-electron chi connectivity index (χ0n) is 15.1. The number of amides is 2. The van der Waals surface area contributed by atoms with Crippen molar-refractivity contribution in [3.8, 4) is 11.5 Å². The summed E-state index contributed by atoms with van der Waals surface area (Å²) in [5, 5.41) is -0.462. The van der Waals surface area contributed by atoms with Crippen molar-refractivity contribution in [1.82, 2.24) is 4.90 Å². The molecule has 0 bridgehead atoms. The number of ketones is 1. The molecular weight excluding hydrogens is 493 g/mol. The van der Waals surface area contributed by atoms with Gasteiger partial charge in [0.1, 0.15) is 0 Å². The minimum atomic E-state index is -0.482. The van der Waals surface area contributed by atoms with Crippen LogP contribution >= 0.6 is 34.4 Å². The highest BCUT2D eigenvalue weighted by Gasteiger charge is 2.36. The second-order valence-corrected chi connectivity index (χ2v) is 7.95. The summed E-state index contributed by atoms with van der Waals surface area (Å²) in [6, 6.07) is 12.1. The lowest BCUT2D eigenvalue weighted by atomic mass is 10.1. The van der Waals surface area contributed by atoms with Crippen molar-refractivity contribution >= 4 is 57.4 Å². The van der Waals surface area contributed by atoms with Crippen molar-refractivity contribution in [2.75, 3.05) is 20.8 Å². The molecule has 0 aliphatic carbocycles. The third-order valence-electron chi connectivity index (χ3n) is 4.02. The maximum absolute atomic E-state index is 12.7. The van der Waals surface area contributed by atoms with Crippen molar-refractivity contribution < 1.29 is 23.9 Å². The lowest BCUT2D eigenvalue weighted by Gasteiger charge is -2.11. The van der Waals surface area contributed by atoms with Crippen LogP contribution in [-0.4, -0.2) is 42.6 Å². The molecule has 2 aromatic rings. The molecule has 144 valence electrons. The Balaban J connectivity index is 1.83. The number of imide groups is 1. The molecule has 0 atom stereocenters. The molecule has 0 N–H and O–H groups in total. The van der Waals surface area contributed by atoms with E-state index in [1.165, 1.54) is 7.11 Å². The smallest absolute Gasteiger partial charge is 0.293 e. The molecule has 3 rings (SSSR count). The van der Waals surface area contributed by atoms with E-state index in [0.717, 1.165) is 20.2 Å². The molecule has 2 aromatic carbocycles. The van der Waals surface area contributed by atoms with Crippen molar-refractivity contribution in [2.45, 2.75) is 0 Å². The number of ether oxygens (including phenoxy) is 2. The Bertz CT molecular complexity index is 974. The summed E-state index contributed by atoms with van der Waals surface area (Å²) < 4.78 is 11.4. The third-order valence-corrected chi connectivity index (χ3v) is 5.73. The van der Waals surface area contributed by atoms with E-state index in [-0.39, 0.29) is 17.2 Å². The fourth-order valence-electron chi connectivity index (χ4n) is 2.67. The Morgan fingerprint density at radius 1 is 1.14 bits per heavy atom. The average Bonchev–Trinajstić information content (AvgIpc) is 2.95. The number of halogens is 1. The molecule has 8 heteroatoms. The van der Waals surface area contributed by atoms with Crippen LogP contribution in [0.15, 0.2) is 47.4 Å². The Hall–Kier alpha value is -2.33. The van der Waals surface area contributed by atoms with Gasteiger partial charge in [-0.05, 0) is 58.1 Å². The number of hydrogen-bond acceptors (Lipinski definition) is 6. The molecule has 0 saturated carbocycles. The highest BCUT2D eigenvalue weighted by molar-refractivity contribution is 14.1. The number of Topliss-reactive ketones (excluding diaryl/α,β-unsaturated/α-hetero) is 1. The Kier molecular flexibility index (Phi) is 6.40. The molecule has 6 nitrogen and oxygen atoms in total. The van der Waals surface area contributed by atoms with Crippen LogP contribution in [0.25, 0.3) is 6.08 Å². The van der Waals surface area contributed by atoms with E-state index in [4.69, 9.17) is 9.47 Å². The normalized spacial score (nSPS) is 15.2. The van der Waals surface area contributed by atoms with Crippen LogP contribution < -0.4 is 9.47 Å². The van der Waals surface area contributed by atoms with Crippen molar-refractivity contribution in [1.29, 1.82) is 0 Å². The van der Waals surface area contributed by atoms with E-state index in [2.05, 4.69) is 22.6 Å². The Morgan fingerprint density at radius 2 is 1.86 bits per heavy atom. The molecule has 1 aliphatic heterocycles. The molecule has 0 radical (unpaired) electrons. The SMILES string of the molecule is COc1cc(/C=C2/SC(=O)N(CC(=O)c3ccccc3)C2=O)cc(I)c1OC. The van der Waals surface area contributed by atoms with Gasteiger partial charge in [-0.25, -0.2) is 0 Å². The molecule has 2 amide bonds. The fourth-order valence-corrected chi connectivity index (χ4v) is 4.35. The average molecular weight is 509 g/mol. The zero-order valence-corrected chi connectivity index (χ0v) is 18.1. The number of carbonyl (C=O) groups is 3. The van der Waals surface area contributed by atoms with Crippen LogP contribution in [0, 0.1) is 3.57 Å². The van der Waals surface area contributed by atoms with Gasteiger partial charge in [0.05, 0.1) is 29.2 Å². The molecule has 0 aromatic heterocycles. The second-order valence-electron chi connectivity index (χ2n) is 5.80. The summed E-state index contributed by atoms with van der Waals surface area (Å²) in [4.78, 5) is 38.5. The quantitative estimate of drug-likeness (QED) is 0.330. The molecule has 0 spiro atoms. The molecule has 1 aliphatic rings. The van der Waals surface area contributed by atoms with Gasteiger partial charge in [0.25, 0.3) is 11.1 Å². The number of rotatable bonds is 6. The zero-order chi connectivity index (χ0) is 20.3. The summed E-state index contributed by atoms with van der Waals surface area (Å²) in [5.74, 6) is 0.356. The largest absolute Gasteiger partial charge is 0.493 e. The van der Waals surface area contributed by atoms with Crippen molar-refractivity contribution in [2.24, 2.45) is 0 Å². The third kappa shape index (κ3) is 4.22. The first-order valence-corrected chi connectivity index (χ1v) is 10.1. The topological polar surface area (TPSA) is 72.9 Å². The first-order valence-electron chi connectivity index (χ1n) is 8.19. The summed E-state index contributed by atoms with van der Waals surface area (Å²) >= 11 is 2.92. The van der Waals surface area contributed by atoms with E-state index in [9.17, 15) is 14.4 Å². The van der Waals surface area contributed by atoms with Gasteiger partial charge in [-0.2, -0.15) is 0 Å². The van der Waals surface area contributed by atoms with E-state index in [1.807, 2.05) is 6.07 Å². The van der Waals surface area contributed by atoms with Gasteiger partial charge in [0.2, 0.25) is 0 Å². The summed E-state index contributed by atoms with van der Waals surface area (Å²) in [6.45, 7) is -0.282. The van der Waals surface area contributed by atoms with Crippen LogP contribution in [0.2, 0.25) is 0 Å². The van der Waals surface area contributed by atoms with Crippen LogP contribution in [0.4, 0.5) is 4.79 Å². The number of methoxy groups -OCH3 is 2. The fraction of sp³-hybridized carbons (Fsp3) is 0.150. The van der Waals surface area contributed by atoms with Crippen LogP contribution in [0.1, 0.15) is 15.9 Å². The molecule has 1 fully saturated rings. The maximum Gasteiger partial charge on any atom is 0.293 e. The number of thioether (sulfide) groups is 1. The van der Waals surface area contributed by atoms with E-state index < -0.39 is 11.1 Å². The van der Waals surface area contributed by atoms with Crippen LogP contribution in [-0.2, 0) is 4.79 Å². The minimum Gasteiger partial charge on any atom is -0.493 e. The van der Waals surface area contributed by atoms with Gasteiger partial charge in [-0.1, -0.05) is 30.3 Å². The van der Waals surface area contributed by atoms with Crippen molar-refractivity contribution in [3.05, 3.63) is 62.1 Å². The number of hydrogen-bond donors (Lipinski definition) is 0. The minimum absolute atomic E-state index is 0.258. The lowest BCUT2D eigenvalue weighted by molar-refractivity contribution is -0.122. The van der Waals surface area contributed by atoms with Crippen LogP contribution in [0.5, 0.6) is 11.5 Å². The maximum atomic E-state index is 12.7. The number of benzene rings is 2. The highest BCUT2D eigenvalue weighted by atomic mass is 127. The number of carbonyl (C=O) groups excluding carboxylic acids is 3. The summed E-state index contributed by atoms with van der Waals surface area (Å²) in [7, 11) is 3.08. The lowest BCUT2D eigenvalue weighted by Crippen LogP contribution is -2.33. The van der Waals surface area contributed by atoms with Gasteiger partial charge in [-0.3, -0.25) is 19.3 Å². The number of nitrogens with zero attached hydrogens (tertiary/aromatic N) is 1. The molecule has 1 heterocycles. The van der Waals surface area contributed by atoms with Gasteiger partial charge in [0.15, 0.2) is 17.3 Å². The molecular formula is C20H16INO5S. The standard InChI is InChI=1S/C20H16INO5S/c1-26-16-9-12(8-14(21)18(16)27-2)10-17-19(24)22(20(25)28-17)11-15(23)13-6-4-3-5-7-13/h3-10H,11H2,1-2H3/b17-10+. The van der Waals surface area contributed by atoms with Gasteiger partial charge < -0.3 is 9.47 Å². The van der Waals surface area contributed by atoms with Gasteiger partial charge in [0, 0.05) is 5.56 Å². The second kappa shape index (κ2) is 8.78. The predicted octanol–water partition coefficient (Wildman–Crippen LogP) is 4.23. The van der Waals surface area contributed by atoms with E-state index >= 15 is 0 Å². The molecule has 1 saturated heterocycles. The van der Waals surface area contributed by atoms with Crippen molar-refractivity contribution in [3.63, 3.8) is 0 Å². The monoisotopic (exact) mass is 509 g/mol. The Morgan fingerprint density at radius 3 is 2.50 bits per heavy atom. The molecule has 28 heavy (non-hydrogen) atoms. The first kappa shape index (κ1) is 20.4. The van der Waals surface area contributed by atoms with E-state index in [1.54, 1.807) is 49.6 Å². The summed E-state index contributed by atoms with van der Waals surface area (Å²) in [6.07, 6.45) is 1.61. The Labute approximate surface area is 180 Å². The van der Waals surface area contributed by atoms with E-state index in [0.29, 0.717) is 22.6 Å². The summed E-state index contributed by atoms with van der Waals surface area (Å²) in [5.41, 5.74) is 1.15. The van der Waals surface area contributed by atoms with Crippen LogP contribution in [0.3, 0.4) is 0 Å². The van der Waals surface area contributed by atoms with Gasteiger partial charge in [-0.15, -0.1) is 0 Å². The van der Waals surface area contributed by atoms with Gasteiger partial charge >= 0.3 is 0 Å². The highest BCUT2D eigenvalue weighted by Crippen LogP contribution is 2.37. The first-order chi connectivity index (χ1) is 13.4. The molecule has 0 unspecified atom stereocenters. The predicted molar refractivity (Wildman–Crippen MR) is 116 cm³/mol.